The van der Waals surface area contributed by atoms with Gasteiger partial charge in [-0.25, -0.2) is 0 Å². The van der Waals surface area contributed by atoms with Crippen molar-refractivity contribution in [1.82, 2.24) is 10.2 Å². The molecule has 2 N–H and O–H groups in total. The van der Waals surface area contributed by atoms with E-state index in [2.05, 4.69) is 5.32 Å². The summed E-state index contributed by atoms with van der Waals surface area (Å²) in [5.74, 6) is -0.437. The monoisotopic (exact) mass is 169 g/mol. The molecule has 1 fully saturated rings. The fourth-order valence-electron chi connectivity index (χ4n) is 1.12. The second-order valence-corrected chi connectivity index (χ2v) is 2.80. The van der Waals surface area contributed by atoms with Crippen LogP contribution in [0.3, 0.4) is 0 Å². The van der Waals surface area contributed by atoms with Gasteiger partial charge in [0.1, 0.15) is 6.04 Å². The van der Waals surface area contributed by atoms with Crippen molar-refractivity contribution in [3.63, 3.8) is 0 Å². The Labute approximate surface area is 70.2 Å². The van der Waals surface area contributed by atoms with E-state index in [-0.39, 0.29) is 24.2 Å². The molecule has 1 saturated heterocycles. The van der Waals surface area contributed by atoms with Crippen LogP contribution in [0.2, 0.25) is 0 Å². The molecule has 0 bridgehead atoms. The molecule has 1 aliphatic heterocycles. The number of nitrogens with zero attached hydrogens (tertiary/aromatic N) is 1. The van der Waals surface area contributed by atoms with Crippen molar-refractivity contribution in [3.8, 4) is 0 Å². The lowest BCUT2D eigenvalue weighted by Crippen LogP contribution is -2.57. The van der Waals surface area contributed by atoms with Crippen LogP contribution in [0.1, 0.15) is 13.8 Å². The molecule has 1 aliphatic rings. The number of hydrogen-bond donors (Lipinski definition) is 2. The standard InChI is InChI=1S/C7H11N3O2/c1-4-7(12)9-6(11)3-10(4)5(2)8/h4,8H,3H2,1-2H3,(H,9,11,12). The maximum absolute atomic E-state index is 11.0. The molecule has 0 spiro atoms. The lowest BCUT2D eigenvalue weighted by molar-refractivity contribution is -0.137. The van der Waals surface area contributed by atoms with Crippen LogP contribution in [0, 0.1) is 5.41 Å². The Morgan fingerprint density at radius 3 is 2.75 bits per heavy atom. The van der Waals surface area contributed by atoms with E-state index in [1.807, 2.05) is 0 Å². The molecule has 1 unspecified atom stereocenters. The van der Waals surface area contributed by atoms with Gasteiger partial charge in [0, 0.05) is 0 Å². The second kappa shape index (κ2) is 2.92. The summed E-state index contributed by atoms with van der Waals surface area (Å²) in [5.41, 5.74) is 0. The van der Waals surface area contributed by atoms with E-state index < -0.39 is 6.04 Å². The molecule has 0 radical (unpaired) electrons. The van der Waals surface area contributed by atoms with E-state index in [9.17, 15) is 9.59 Å². The van der Waals surface area contributed by atoms with Crippen molar-refractivity contribution in [1.29, 1.82) is 5.41 Å². The Kier molecular flexibility index (Phi) is 2.12. The third-order valence-corrected chi connectivity index (χ3v) is 1.85. The average molecular weight is 169 g/mol. The highest BCUT2D eigenvalue weighted by atomic mass is 16.2. The van der Waals surface area contributed by atoms with E-state index in [0.29, 0.717) is 0 Å². The van der Waals surface area contributed by atoms with Gasteiger partial charge in [0.05, 0.1) is 12.4 Å². The van der Waals surface area contributed by atoms with Gasteiger partial charge in [-0.05, 0) is 13.8 Å². The van der Waals surface area contributed by atoms with Gasteiger partial charge in [-0.1, -0.05) is 0 Å². The fraction of sp³-hybridized carbons (Fsp3) is 0.571. The average Bonchev–Trinajstić information content (AvgIpc) is 1.96. The summed E-state index contributed by atoms with van der Waals surface area (Å²) in [6.07, 6.45) is 0. The molecule has 0 aromatic carbocycles. The van der Waals surface area contributed by atoms with Crippen molar-refractivity contribution < 1.29 is 9.59 Å². The van der Waals surface area contributed by atoms with Gasteiger partial charge < -0.3 is 4.90 Å². The minimum absolute atomic E-state index is 0.0994. The number of piperazine rings is 1. The lowest BCUT2D eigenvalue weighted by atomic mass is 10.2. The zero-order valence-electron chi connectivity index (χ0n) is 7.05. The summed E-state index contributed by atoms with van der Waals surface area (Å²) in [5, 5.41) is 9.49. The summed E-state index contributed by atoms with van der Waals surface area (Å²) in [6, 6.07) is -0.416. The normalized spacial score (nSPS) is 23.8. The maximum atomic E-state index is 11.0. The molecular formula is C7H11N3O2. The predicted molar refractivity (Wildman–Crippen MR) is 42.7 cm³/mol. The number of nitrogens with one attached hydrogen (secondary N) is 2. The molecule has 5 nitrogen and oxygen atoms in total. The highest BCUT2D eigenvalue weighted by molar-refractivity contribution is 6.04. The first-order chi connectivity index (χ1) is 5.52. The Bertz CT molecular complexity index is 249. The predicted octanol–water partition coefficient (Wildman–Crippen LogP) is -0.670. The van der Waals surface area contributed by atoms with E-state index in [1.54, 1.807) is 13.8 Å². The topological polar surface area (TPSA) is 73.3 Å². The number of imide groups is 1. The third kappa shape index (κ3) is 1.44. The summed E-state index contributed by atoms with van der Waals surface area (Å²) >= 11 is 0. The quantitative estimate of drug-likeness (QED) is 0.287. The van der Waals surface area contributed by atoms with Crippen molar-refractivity contribution in [2.24, 2.45) is 0 Å². The molecule has 1 rings (SSSR count). The van der Waals surface area contributed by atoms with Gasteiger partial charge in [-0.2, -0.15) is 0 Å². The number of carbonyl (C=O) groups excluding carboxylic acids is 2. The first kappa shape index (κ1) is 8.70. The summed E-state index contributed by atoms with van der Waals surface area (Å²) < 4.78 is 0. The Morgan fingerprint density at radius 1 is 1.67 bits per heavy atom. The van der Waals surface area contributed by atoms with Crippen LogP contribution in [-0.4, -0.2) is 35.1 Å². The SMILES string of the molecule is CC(=N)N1CC(=O)NC(=O)C1C. The van der Waals surface area contributed by atoms with Crippen LogP contribution in [-0.2, 0) is 9.59 Å². The molecule has 1 heterocycles. The molecule has 66 valence electrons. The largest absolute Gasteiger partial charge is 0.340 e. The zero-order chi connectivity index (χ0) is 9.30. The molecule has 12 heavy (non-hydrogen) atoms. The Morgan fingerprint density at radius 2 is 2.25 bits per heavy atom. The van der Waals surface area contributed by atoms with Crippen LogP contribution in [0.15, 0.2) is 0 Å². The molecule has 0 aromatic heterocycles. The third-order valence-electron chi connectivity index (χ3n) is 1.85. The van der Waals surface area contributed by atoms with E-state index in [0.717, 1.165) is 0 Å². The molecule has 0 aliphatic carbocycles. The van der Waals surface area contributed by atoms with Crippen molar-refractivity contribution in [3.05, 3.63) is 0 Å². The van der Waals surface area contributed by atoms with E-state index in [4.69, 9.17) is 5.41 Å². The smallest absolute Gasteiger partial charge is 0.249 e. The number of amides is 2. The van der Waals surface area contributed by atoms with Gasteiger partial charge in [-0.3, -0.25) is 20.3 Å². The zero-order valence-corrected chi connectivity index (χ0v) is 7.05. The summed E-state index contributed by atoms with van der Waals surface area (Å²) in [4.78, 5) is 23.4. The minimum atomic E-state index is -0.416. The van der Waals surface area contributed by atoms with Crippen molar-refractivity contribution >= 4 is 17.6 Å². The number of carbonyl (C=O) groups is 2. The summed E-state index contributed by atoms with van der Waals surface area (Å²) in [6.45, 7) is 3.32. The van der Waals surface area contributed by atoms with Gasteiger partial charge in [0.25, 0.3) is 0 Å². The lowest BCUT2D eigenvalue weighted by Gasteiger charge is -2.32. The number of hydrogen-bond acceptors (Lipinski definition) is 3. The molecular weight excluding hydrogens is 158 g/mol. The van der Waals surface area contributed by atoms with Crippen LogP contribution in [0.5, 0.6) is 0 Å². The molecule has 1 atom stereocenters. The fourth-order valence-corrected chi connectivity index (χ4v) is 1.12. The number of amidine groups is 1. The first-order valence-electron chi connectivity index (χ1n) is 3.68. The van der Waals surface area contributed by atoms with Gasteiger partial charge in [0.15, 0.2) is 0 Å². The summed E-state index contributed by atoms with van der Waals surface area (Å²) in [7, 11) is 0. The minimum Gasteiger partial charge on any atom is -0.340 e. The first-order valence-corrected chi connectivity index (χ1v) is 3.68. The number of rotatable bonds is 0. The van der Waals surface area contributed by atoms with E-state index >= 15 is 0 Å². The van der Waals surface area contributed by atoms with Crippen LogP contribution in [0.25, 0.3) is 0 Å². The molecule has 0 saturated carbocycles. The highest BCUT2D eigenvalue weighted by Gasteiger charge is 2.30. The molecule has 0 aromatic rings. The van der Waals surface area contributed by atoms with Crippen molar-refractivity contribution in [2.45, 2.75) is 19.9 Å². The Balaban J connectivity index is 2.79. The van der Waals surface area contributed by atoms with Crippen molar-refractivity contribution in [2.75, 3.05) is 6.54 Å². The van der Waals surface area contributed by atoms with Gasteiger partial charge in [-0.15, -0.1) is 0 Å². The van der Waals surface area contributed by atoms with Crippen LogP contribution in [0.4, 0.5) is 0 Å². The molecule has 5 heteroatoms. The molecule has 2 amide bonds. The van der Waals surface area contributed by atoms with Gasteiger partial charge >= 0.3 is 0 Å². The maximum Gasteiger partial charge on any atom is 0.249 e. The Hall–Kier alpha value is -1.39. The van der Waals surface area contributed by atoms with Crippen LogP contribution >= 0.6 is 0 Å². The second-order valence-electron chi connectivity index (χ2n) is 2.80. The van der Waals surface area contributed by atoms with Crippen LogP contribution < -0.4 is 5.32 Å². The highest BCUT2D eigenvalue weighted by Crippen LogP contribution is 2.04. The van der Waals surface area contributed by atoms with E-state index in [1.165, 1.54) is 4.90 Å². The van der Waals surface area contributed by atoms with Gasteiger partial charge in [0.2, 0.25) is 11.8 Å².